The summed E-state index contributed by atoms with van der Waals surface area (Å²) in [4.78, 5) is 14.5. The first-order valence-electron chi connectivity index (χ1n) is 6.31. The highest BCUT2D eigenvalue weighted by molar-refractivity contribution is 8.00. The number of aromatic amines is 1. The fraction of sp³-hybridized carbons (Fsp3) is 0.533. The van der Waals surface area contributed by atoms with E-state index in [0.717, 1.165) is 0 Å². The van der Waals surface area contributed by atoms with Gasteiger partial charge in [-0.05, 0) is 11.8 Å². The molecule has 1 aromatic heterocycles. The Morgan fingerprint density at radius 2 is 2.26 bits per heavy atom. The molecule has 19 heavy (non-hydrogen) atoms. The minimum absolute atomic E-state index is 0.170. The third-order valence-corrected chi connectivity index (χ3v) is 5.30. The van der Waals surface area contributed by atoms with Crippen LogP contribution in [0.25, 0.3) is 0 Å². The Morgan fingerprint density at radius 1 is 1.58 bits per heavy atom. The van der Waals surface area contributed by atoms with Crippen molar-refractivity contribution in [2.24, 2.45) is 5.92 Å². The molecule has 2 nitrogen and oxygen atoms in total. The van der Waals surface area contributed by atoms with Gasteiger partial charge in [0.25, 0.3) is 5.56 Å². The number of pyridine rings is 1. The molecule has 102 valence electrons. The average Bonchev–Trinajstić information content (AvgIpc) is 2.34. The third kappa shape index (κ3) is 2.57. The van der Waals surface area contributed by atoms with E-state index in [2.05, 4.69) is 10.9 Å². The van der Waals surface area contributed by atoms with Crippen molar-refractivity contribution < 1.29 is 4.39 Å². The Hall–Kier alpha value is -1.21. The molecule has 1 aromatic rings. The second-order valence-corrected chi connectivity index (χ2v) is 7.51. The number of hydrogen-bond donors (Lipinski definition) is 1. The van der Waals surface area contributed by atoms with Gasteiger partial charge in [-0.1, -0.05) is 26.7 Å². The maximum atomic E-state index is 15.5. The molecule has 2 atom stereocenters. The Morgan fingerprint density at radius 3 is 2.89 bits per heavy atom. The molecule has 2 rings (SSSR count). The lowest BCUT2D eigenvalue weighted by Gasteiger charge is -2.43. The van der Waals surface area contributed by atoms with Crippen LogP contribution in [0.5, 0.6) is 0 Å². The van der Waals surface area contributed by atoms with Gasteiger partial charge in [-0.2, -0.15) is 11.8 Å². The molecular formula is C15H18FNOS. The highest BCUT2D eigenvalue weighted by atomic mass is 32.2. The van der Waals surface area contributed by atoms with Gasteiger partial charge in [0.15, 0.2) is 0 Å². The molecule has 0 amide bonds. The molecular weight excluding hydrogens is 261 g/mol. The van der Waals surface area contributed by atoms with E-state index in [1.54, 1.807) is 11.8 Å². The predicted molar refractivity (Wildman–Crippen MR) is 78.1 cm³/mol. The smallest absolute Gasteiger partial charge is 0.254 e. The molecule has 1 aliphatic rings. The van der Waals surface area contributed by atoms with Gasteiger partial charge < -0.3 is 4.98 Å². The van der Waals surface area contributed by atoms with Gasteiger partial charge >= 0.3 is 0 Å². The molecule has 1 aliphatic heterocycles. The fourth-order valence-electron chi connectivity index (χ4n) is 2.56. The Kier molecular flexibility index (Phi) is 3.53. The van der Waals surface area contributed by atoms with Gasteiger partial charge in [-0.15, -0.1) is 6.42 Å². The lowest BCUT2D eigenvalue weighted by atomic mass is 9.78. The first kappa shape index (κ1) is 14.2. The number of H-pyrrole nitrogens is 1. The molecule has 0 saturated carbocycles. The lowest BCUT2D eigenvalue weighted by Crippen LogP contribution is -2.45. The van der Waals surface area contributed by atoms with E-state index < -0.39 is 5.67 Å². The number of nitrogens with one attached hydrogen (secondary N) is 1. The summed E-state index contributed by atoms with van der Waals surface area (Å²) in [6.45, 7) is 5.87. The first-order valence-corrected chi connectivity index (χ1v) is 7.30. The van der Waals surface area contributed by atoms with Crippen LogP contribution in [0, 0.1) is 18.3 Å². The normalized spacial score (nSPS) is 29.7. The molecule has 1 fully saturated rings. The molecule has 0 radical (unpaired) electrons. The second-order valence-electron chi connectivity index (χ2n) is 5.79. The van der Waals surface area contributed by atoms with Gasteiger partial charge in [-0.25, -0.2) is 4.39 Å². The molecule has 4 heteroatoms. The largest absolute Gasteiger partial charge is 0.328 e. The van der Waals surface area contributed by atoms with E-state index in [1.807, 2.05) is 20.8 Å². The van der Waals surface area contributed by atoms with E-state index in [0.29, 0.717) is 17.7 Å². The molecule has 1 N–H and O–H groups in total. The highest BCUT2D eigenvalue weighted by Gasteiger charge is 2.48. The van der Waals surface area contributed by atoms with Crippen molar-refractivity contribution in [1.82, 2.24) is 4.98 Å². The topological polar surface area (TPSA) is 32.9 Å². The molecule has 0 spiro atoms. The number of aromatic nitrogens is 1. The zero-order valence-corrected chi connectivity index (χ0v) is 12.2. The van der Waals surface area contributed by atoms with E-state index in [1.165, 1.54) is 12.3 Å². The van der Waals surface area contributed by atoms with Crippen molar-refractivity contribution in [1.29, 1.82) is 0 Å². The van der Waals surface area contributed by atoms with Gasteiger partial charge in [-0.3, -0.25) is 4.79 Å². The predicted octanol–water partition coefficient (Wildman–Crippen LogP) is 3.07. The summed E-state index contributed by atoms with van der Waals surface area (Å²) in [5, 5.41) is 0. The van der Waals surface area contributed by atoms with E-state index in [-0.39, 0.29) is 21.8 Å². The van der Waals surface area contributed by atoms with E-state index in [4.69, 9.17) is 6.42 Å². The number of terminal acetylenes is 1. The maximum Gasteiger partial charge on any atom is 0.254 e. The van der Waals surface area contributed by atoms with Crippen LogP contribution in [0.3, 0.4) is 0 Å². The van der Waals surface area contributed by atoms with Crippen molar-refractivity contribution >= 4 is 11.8 Å². The van der Waals surface area contributed by atoms with E-state index in [9.17, 15) is 4.79 Å². The van der Waals surface area contributed by atoms with Crippen molar-refractivity contribution in [3.05, 3.63) is 33.7 Å². The number of halogens is 1. The summed E-state index contributed by atoms with van der Waals surface area (Å²) in [6.07, 6.45) is 7.10. The van der Waals surface area contributed by atoms with Gasteiger partial charge in [0, 0.05) is 28.8 Å². The van der Waals surface area contributed by atoms with Crippen molar-refractivity contribution in [3.63, 3.8) is 0 Å². The average molecular weight is 279 g/mol. The minimum atomic E-state index is -1.62. The molecule has 0 bridgehead atoms. The zero-order valence-electron chi connectivity index (χ0n) is 11.4. The van der Waals surface area contributed by atoms with Crippen molar-refractivity contribution in [2.75, 3.05) is 5.75 Å². The van der Waals surface area contributed by atoms with Crippen LogP contribution < -0.4 is 5.56 Å². The Labute approximate surface area is 117 Å². The molecule has 0 aromatic carbocycles. The van der Waals surface area contributed by atoms with Crippen LogP contribution in [0.2, 0.25) is 0 Å². The number of rotatable bonds is 1. The van der Waals surface area contributed by atoms with Crippen LogP contribution >= 0.6 is 11.8 Å². The van der Waals surface area contributed by atoms with Gasteiger partial charge in [0.2, 0.25) is 0 Å². The summed E-state index contributed by atoms with van der Waals surface area (Å²) in [5.74, 6) is 2.93. The minimum Gasteiger partial charge on any atom is -0.328 e. The fourth-order valence-corrected chi connectivity index (χ4v) is 3.84. The van der Waals surface area contributed by atoms with Crippen molar-refractivity contribution in [3.8, 4) is 12.3 Å². The standard InChI is InChI=1S/C15H18FNOS/c1-5-11-6-12(13(18)17-7-11)15(16)9-14(3,4)19-8-10(15)2/h1,6-7,10H,8-9H2,2-4H3,(H,17,18)/t10?,15-/m1/s1. The van der Waals surface area contributed by atoms with Crippen LogP contribution in [0.15, 0.2) is 17.1 Å². The molecule has 1 saturated heterocycles. The second kappa shape index (κ2) is 4.72. The monoisotopic (exact) mass is 279 g/mol. The molecule has 2 heterocycles. The summed E-state index contributed by atoms with van der Waals surface area (Å²) in [5.41, 5.74) is -1.32. The molecule has 0 aliphatic carbocycles. The van der Waals surface area contributed by atoms with E-state index >= 15 is 4.39 Å². The Balaban J connectivity index is 2.55. The number of hydrogen-bond acceptors (Lipinski definition) is 2. The van der Waals surface area contributed by atoms with Crippen LogP contribution in [0.4, 0.5) is 4.39 Å². The van der Waals surface area contributed by atoms with Crippen LogP contribution in [0.1, 0.15) is 38.3 Å². The number of alkyl halides is 1. The van der Waals surface area contributed by atoms with Crippen LogP contribution in [-0.2, 0) is 5.67 Å². The number of thioether (sulfide) groups is 1. The van der Waals surface area contributed by atoms with Crippen LogP contribution in [-0.4, -0.2) is 15.5 Å². The Bertz CT molecular complexity index is 587. The van der Waals surface area contributed by atoms with Crippen molar-refractivity contribution in [2.45, 2.75) is 37.6 Å². The zero-order chi connectivity index (χ0) is 14.3. The SMILES string of the molecule is C#Cc1c[nH]c(=O)c([C@@]2(F)CC(C)(C)SCC2C)c1. The summed E-state index contributed by atoms with van der Waals surface area (Å²) < 4.78 is 15.3. The van der Waals surface area contributed by atoms with Gasteiger partial charge in [0.05, 0.1) is 5.56 Å². The third-order valence-electron chi connectivity index (χ3n) is 3.71. The first-order chi connectivity index (χ1) is 8.78. The van der Waals surface area contributed by atoms with Gasteiger partial charge in [0.1, 0.15) is 5.67 Å². The molecule has 1 unspecified atom stereocenters. The lowest BCUT2D eigenvalue weighted by molar-refractivity contribution is 0.0709. The summed E-state index contributed by atoms with van der Waals surface area (Å²) in [6, 6.07) is 1.52. The quantitative estimate of drug-likeness (QED) is 0.801. The summed E-state index contributed by atoms with van der Waals surface area (Å²) >= 11 is 1.75. The maximum absolute atomic E-state index is 15.5. The highest BCUT2D eigenvalue weighted by Crippen LogP contribution is 2.50. The summed E-state index contributed by atoms with van der Waals surface area (Å²) in [7, 11) is 0.